The molecule has 0 saturated carbocycles. The normalized spacial score (nSPS) is 16.5. The molecule has 2 rings (SSSR count). The summed E-state index contributed by atoms with van der Waals surface area (Å²) in [6.45, 7) is 4.65. The topological polar surface area (TPSA) is 49.3 Å². The molecule has 0 N–H and O–H groups in total. The highest BCUT2D eigenvalue weighted by Crippen LogP contribution is 2.35. The van der Waals surface area contributed by atoms with E-state index in [1.165, 1.54) is 0 Å². The number of benzene rings is 1. The van der Waals surface area contributed by atoms with Crippen LogP contribution < -0.4 is 14.2 Å². The zero-order valence-corrected chi connectivity index (χ0v) is 13.1. The zero-order valence-electron chi connectivity index (χ0n) is 13.1. The van der Waals surface area contributed by atoms with E-state index < -0.39 is 0 Å². The second-order valence-electron chi connectivity index (χ2n) is 5.33. The summed E-state index contributed by atoms with van der Waals surface area (Å²) in [5.41, 5.74) is 0.644. The number of ether oxygens (including phenoxy) is 4. The molecule has 0 aromatic heterocycles. The fraction of sp³-hybridized carbons (Fsp3) is 0.438. The van der Waals surface area contributed by atoms with Crippen LogP contribution in [0.1, 0.15) is 19.4 Å². The number of rotatable bonds is 5. The maximum atomic E-state index is 5.54. The molecule has 0 fully saturated rings. The average molecular weight is 291 g/mol. The molecule has 0 atom stereocenters. The Hall–Kier alpha value is -2.17. The molecule has 0 saturated heterocycles. The number of hydrogen-bond acceptors (Lipinski definition) is 5. The monoisotopic (exact) mass is 291 g/mol. The minimum Gasteiger partial charge on any atom is -0.496 e. The van der Waals surface area contributed by atoms with Gasteiger partial charge in [0.25, 0.3) is 0 Å². The summed E-state index contributed by atoms with van der Waals surface area (Å²) < 4.78 is 21.6. The first-order valence-electron chi connectivity index (χ1n) is 6.70. The van der Waals surface area contributed by atoms with Crippen molar-refractivity contribution in [2.75, 3.05) is 27.9 Å². The van der Waals surface area contributed by atoms with Crippen molar-refractivity contribution in [1.29, 1.82) is 0 Å². The van der Waals surface area contributed by atoms with Crippen LogP contribution in [0.5, 0.6) is 17.2 Å². The van der Waals surface area contributed by atoms with Crippen molar-refractivity contribution < 1.29 is 18.9 Å². The third-order valence-electron chi connectivity index (χ3n) is 3.13. The zero-order chi connectivity index (χ0) is 15.5. The quantitative estimate of drug-likeness (QED) is 0.837. The molecule has 0 unspecified atom stereocenters. The minimum absolute atomic E-state index is 0.173. The van der Waals surface area contributed by atoms with Gasteiger partial charge in [-0.05, 0) is 19.9 Å². The molecule has 1 aliphatic rings. The molecule has 0 spiro atoms. The van der Waals surface area contributed by atoms with Gasteiger partial charge >= 0.3 is 0 Å². The van der Waals surface area contributed by atoms with Crippen LogP contribution in [0, 0.1) is 0 Å². The van der Waals surface area contributed by atoms with E-state index in [-0.39, 0.29) is 5.54 Å². The van der Waals surface area contributed by atoms with Gasteiger partial charge in [-0.25, -0.2) is 4.99 Å². The van der Waals surface area contributed by atoms with E-state index in [9.17, 15) is 0 Å². The number of methoxy groups -OCH3 is 3. The van der Waals surface area contributed by atoms with Crippen LogP contribution >= 0.6 is 0 Å². The van der Waals surface area contributed by atoms with E-state index in [4.69, 9.17) is 18.9 Å². The van der Waals surface area contributed by atoms with E-state index in [2.05, 4.69) is 4.99 Å². The predicted molar refractivity (Wildman–Crippen MR) is 82.6 cm³/mol. The van der Waals surface area contributed by atoms with Crippen molar-refractivity contribution in [2.24, 2.45) is 4.99 Å². The molecular weight excluding hydrogens is 270 g/mol. The van der Waals surface area contributed by atoms with Crippen LogP contribution in [0.4, 0.5) is 0 Å². The average Bonchev–Trinajstić information content (AvgIpc) is 2.83. The van der Waals surface area contributed by atoms with Gasteiger partial charge in [0.05, 0.1) is 32.4 Å². The van der Waals surface area contributed by atoms with Crippen molar-refractivity contribution in [3.05, 3.63) is 23.8 Å². The molecule has 5 heteroatoms. The molecule has 1 heterocycles. The summed E-state index contributed by atoms with van der Waals surface area (Å²) in [5.74, 6) is 2.62. The first-order chi connectivity index (χ1) is 9.99. The lowest BCUT2D eigenvalue weighted by Crippen LogP contribution is -2.17. The summed E-state index contributed by atoms with van der Waals surface area (Å²) in [6.07, 6.45) is 3.69. The highest BCUT2D eigenvalue weighted by molar-refractivity contribution is 5.94. The number of hydrogen-bond donors (Lipinski definition) is 0. The van der Waals surface area contributed by atoms with Crippen molar-refractivity contribution in [3.8, 4) is 17.2 Å². The summed E-state index contributed by atoms with van der Waals surface area (Å²) in [7, 11) is 4.82. The molecule has 1 aromatic carbocycles. The van der Waals surface area contributed by atoms with Crippen molar-refractivity contribution >= 4 is 12.0 Å². The standard InChI is InChI=1S/C16H21NO4/c1-16(2)10-21-15(17-16)7-6-12-13(19-4)8-11(18-3)9-14(12)20-5/h6-9H,10H2,1-5H3/b7-6-. The maximum Gasteiger partial charge on any atom is 0.209 e. The Morgan fingerprint density at radius 1 is 1.05 bits per heavy atom. The summed E-state index contributed by atoms with van der Waals surface area (Å²) in [4.78, 5) is 4.48. The first-order valence-corrected chi connectivity index (χ1v) is 6.70. The smallest absolute Gasteiger partial charge is 0.209 e. The second kappa shape index (κ2) is 6.08. The van der Waals surface area contributed by atoms with Crippen molar-refractivity contribution in [1.82, 2.24) is 0 Å². The van der Waals surface area contributed by atoms with E-state index in [0.717, 1.165) is 5.56 Å². The summed E-state index contributed by atoms with van der Waals surface area (Å²) in [5, 5.41) is 0. The molecule has 0 amide bonds. The van der Waals surface area contributed by atoms with Crippen molar-refractivity contribution in [2.45, 2.75) is 19.4 Å². The number of nitrogens with zero attached hydrogens (tertiary/aromatic N) is 1. The van der Waals surface area contributed by atoms with Crippen LogP contribution in [0.3, 0.4) is 0 Å². The van der Waals surface area contributed by atoms with Gasteiger partial charge in [0.2, 0.25) is 5.90 Å². The molecule has 1 aliphatic heterocycles. The third-order valence-corrected chi connectivity index (χ3v) is 3.13. The van der Waals surface area contributed by atoms with E-state index >= 15 is 0 Å². The first kappa shape index (κ1) is 15.2. The third kappa shape index (κ3) is 3.48. The van der Waals surface area contributed by atoms with Crippen LogP contribution in [-0.4, -0.2) is 39.4 Å². The summed E-state index contributed by atoms with van der Waals surface area (Å²) >= 11 is 0. The van der Waals surface area contributed by atoms with E-state index in [0.29, 0.717) is 29.8 Å². The fourth-order valence-electron chi connectivity index (χ4n) is 2.05. The van der Waals surface area contributed by atoms with Gasteiger partial charge in [-0.15, -0.1) is 0 Å². The highest BCUT2D eigenvalue weighted by Gasteiger charge is 2.24. The lowest BCUT2D eigenvalue weighted by atomic mass is 10.1. The van der Waals surface area contributed by atoms with Gasteiger partial charge in [-0.3, -0.25) is 0 Å². The van der Waals surface area contributed by atoms with Gasteiger partial charge in [0.1, 0.15) is 23.9 Å². The van der Waals surface area contributed by atoms with Crippen LogP contribution in [0.2, 0.25) is 0 Å². The minimum atomic E-state index is -0.173. The van der Waals surface area contributed by atoms with Gasteiger partial charge in [0.15, 0.2) is 0 Å². The fourth-order valence-corrected chi connectivity index (χ4v) is 2.05. The lowest BCUT2D eigenvalue weighted by Gasteiger charge is -2.12. The predicted octanol–water partition coefficient (Wildman–Crippen LogP) is 2.93. The highest BCUT2D eigenvalue weighted by atomic mass is 16.5. The Labute approximate surface area is 125 Å². The molecule has 21 heavy (non-hydrogen) atoms. The van der Waals surface area contributed by atoms with Gasteiger partial charge in [-0.1, -0.05) is 0 Å². The molecular formula is C16H21NO4. The van der Waals surface area contributed by atoms with Gasteiger partial charge in [0, 0.05) is 18.2 Å². The van der Waals surface area contributed by atoms with Gasteiger partial charge in [-0.2, -0.15) is 0 Å². The Bertz CT molecular complexity index is 551. The van der Waals surface area contributed by atoms with E-state index in [1.54, 1.807) is 21.3 Å². The molecule has 0 radical (unpaired) electrons. The number of aliphatic imine (C=N–C) groups is 1. The Balaban J connectivity index is 2.35. The van der Waals surface area contributed by atoms with Crippen LogP contribution in [0.15, 0.2) is 23.2 Å². The molecule has 5 nitrogen and oxygen atoms in total. The van der Waals surface area contributed by atoms with Crippen LogP contribution in [-0.2, 0) is 4.74 Å². The van der Waals surface area contributed by atoms with Crippen LogP contribution in [0.25, 0.3) is 6.08 Å². The van der Waals surface area contributed by atoms with Gasteiger partial charge < -0.3 is 18.9 Å². The van der Waals surface area contributed by atoms with Crippen molar-refractivity contribution in [3.63, 3.8) is 0 Å². The Morgan fingerprint density at radius 2 is 1.67 bits per heavy atom. The Kier molecular flexibility index (Phi) is 4.40. The lowest BCUT2D eigenvalue weighted by molar-refractivity contribution is 0.280. The summed E-state index contributed by atoms with van der Waals surface area (Å²) in [6, 6.07) is 3.62. The molecule has 0 bridgehead atoms. The molecule has 1 aromatic rings. The Morgan fingerprint density at radius 3 is 2.10 bits per heavy atom. The van der Waals surface area contributed by atoms with E-state index in [1.807, 2.05) is 38.1 Å². The molecule has 114 valence electrons. The maximum absolute atomic E-state index is 5.54. The SMILES string of the molecule is COc1cc(OC)c(/C=C\C2=NC(C)(C)CO2)c(OC)c1. The second-order valence-corrected chi connectivity index (χ2v) is 5.33. The molecule has 0 aliphatic carbocycles. The largest absolute Gasteiger partial charge is 0.496 e.